The number of rotatable bonds is 7. The molecule has 0 radical (unpaired) electrons. The Hall–Kier alpha value is -3.53. The number of nitrogens with zero attached hydrogens (tertiary/aromatic N) is 4. The largest absolute Gasteiger partial charge is 0.496 e. The van der Waals surface area contributed by atoms with Crippen molar-refractivity contribution in [2.45, 2.75) is 13.5 Å². The molecule has 9 nitrogen and oxygen atoms in total. The highest BCUT2D eigenvalue weighted by atomic mass is 32.1. The van der Waals surface area contributed by atoms with E-state index in [4.69, 9.17) is 21.7 Å². The van der Waals surface area contributed by atoms with E-state index < -0.39 is 4.92 Å². The van der Waals surface area contributed by atoms with Gasteiger partial charge in [0.1, 0.15) is 23.9 Å². The van der Waals surface area contributed by atoms with Gasteiger partial charge in [0.05, 0.1) is 18.2 Å². The number of benzene rings is 2. The van der Waals surface area contributed by atoms with Crippen molar-refractivity contribution in [3.63, 3.8) is 0 Å². The molecule has 1 aromatic heterocycles. The topological polar surface area (TPSA) is 108 Å². The van der Waals surface area contributed by atoms with Gasteiger partial charge in [0.2, 0.25) is 4.77 Å². The molecule has 0 atom stereocenters. The summed E-state index contributed by atoms with van der Waals surface area (Å²) in [6, 6.07) is 11.5. The molecule has 0 aliphatic heterocycles. The van der Waals surface area contributed by atoms with Gasteiger partial charge in [0, 0.05) is 17.7 Å². The predicted octanol–water partition coefficient (Wildman–Crippen LogP) is 3.63. The van der Waals surface area contributed by atoms with Gasteiger partial charge in [-0.3, -0.25) is 15.2 Å². The van der Waals surface area contributed by atoms with E-state index in [1.165, 1.54) is 16.8 Å². The third kappa shape index (κ3) is 4.41. The molecule has 0 spiro atoms. The molecule has 0 aliphatic carbocycles. The molecule has 0 unspecified atom stereocenters. The Labute approximate surface area is 165 Å². The zero-order valence-corrected chi connectivity index (χ0v) is 16.0. The summed E-state index contributed by atoms with van der Waals surface area (Å²) in [6.45, 7) is 2.02. The molecule has 0 aliphatic rings. The van der Waals surface area contributed by atoms with E-state index >= 15 is 0 Å². The second-order valence-electron chi connectivity index (χ2n) is 5.74. The lowest BCUT2D eigenvalue weighted by atomic mass is 10.1. The first kappa shape index (κ1) is 19.2. The molecular formula is C18H17N5O4S. The van der Waals surface area contributed by atoms with Crippen molar-refractivity contribution in [1.82, 2.24) is 14.9 Å². The van der Waals surface area contributed by atoms with Gasteiger partial charge in [-0.1, -0.05) is 0 Å². The lowest BCUT2D eigenvalue weighted by Gasteiger charge is -2.11. The maximum Gasteiger partial charge on any atom is 0.269 e. The number of aromatic amines is 1. The molecule has 3 aromatic rings. The number of aromatic nitrogens is 3. The fourth-order valence-corrected chi connectivity index (χ4v) is 2.67. The lowest BCUT2D eigenvalue weighted by Crippen LogP contribution is -2.01. The molecule has 0 bridgehead atoms. The van der Waals surface area contributed by atoms with E-state index in [2.05, 4.69) is 15.3 Å². The molecule has 0 saturated carbocycles. The van der Waals surface area contributed by atoms with Crippen LogP contribution in [0.25, 0.3) is 0 Å². The minimum Gasteiger partial charge on any atom is -0.496 e. The van der Waals surface area contributed by atoms with Gasteiger partial charge in [0.15, 0.2) is 0 Å². The zero-order chi connectivity index (χ0) is 20.1. The Morgan fingerprint density at radius 3 is 2.68 bits per heavy atom. The van der Waals surface area contributed by atoms with Crippen LogP contribution in [0.15, 0.2) is 47.6 Å². The van der Waals surface area contributed by atoms with Gasteiger partial charge < -0.3 is 9.47 Å². The molecule has 144 valence electrons. The van der Waals surface area contributed by atoms with Gasteiger partial charge in [-0.15, -0.1) is 0 Å². The van der Waals surface area contributed by atoms with Crippen molar-refractivity contribution >= 4 is 24.1 Å². The third-order valence-electron chi connectivity index (χ3n) is 3.88. The van der Waals surface area contributed by atoms with Gasteiger partial charge >= 0.3 is 0 Å². The number of hydrogen-bond acceptors (Lipinski definition) is 7. The number of methoxy groups -OCH3 is 1. The normalized spacial score (nSPS) is 10.9. The van der Waals surface area contributed by atoms with Gasteiger partial charge in [-0.2, -0.15) is 14.9 Å². The maximum atomic E-state index is 10.7. The molecule has 0 amide bonds. The quantitative estimate of drug-likeness (QED) is 0.281. The van der Waals surface area contributed by atoms with Crippen molar-refractivity contribution in [3.8, 4) is 11.5 Å². The smallest absolute Gasteiger partial charge is 0.269 e. The second kappa shape index (κ2) is 8.44. The fraction of sp³-hybridized carbons (Fsp3) is 0.167. The van der Waals surface area contributed by atoms with Crippen LogP contribution in [-0.2, 0) is 6.61 Å². The molecule has 0 fully saturated rings. The number of H-pyrrole nitrogens is 1. The second-order valence-corrected chi connectivity index (χ2v) is 6.13. The number of hydrogen-bond donors (Lipinski definition) is 1. The Kier molecular flexibility index (Phi) is 5.80. The predicted molar refractivity (Wildman–Crippen MR) is 106 cm³/mol. The summed E-state index contributed by atoms with van der Waals surface area (Å²) < 4.78 is 13.0. The van der Waals surface area contributed by atoms with Crippen LogP contribution < -0.4 is 9.47 Å². The lowest BCUT2D eigenvalue weighted by molar-refractivity contribution is -0.384. The van der Waals surface area contributed by atoms with Crippen molar-refractivity contribution in [2.75, 3.05) is 7.11 Å². The Bertz CT molecular complexity index is 1070. The molecule has 28 heavy (non-hydrogen) atoms. The summed E-state index contributed by atoms with van der Waals surface area (Å²) in [6.07, 6.45) is 1.66. The first-order valence-corrected chi connectivity index (χ1v) is 8.61. The summed E-state index contributed by atoms with van der Waals surface area (Å²) in [4.78, 5) is 10.3. The number of aryl methyl sites for hydroxylation is 1. The van der Waals surface area contributed by atoms with Crippen LogP contribution in [-0.4, -0.2) is 33.1 Å². The van der Waals surface area contributed by atoms with Crippen LogP contribution in [0.2, 0.25) is 0 Å². The number of nitro benzene ring substituents is 1. The molecule has 3 rings (SSSR count). The summed E-state index contributed by atoms with van der Waals surface area (Å²) in [5.41, 5.74) is 1.64. The monoisotopic (exact) mass is 399 g/mol. The highest BCUT2D eigenvalue weighted by molar-refractivity contribution is 7.71. The summed E-state index contributed by atoms with van der Waals surface area (Å²) >= 11 is 5.12. The number of nitrogens with one attached hydrogen (secondary N) is 1. The van der Waals surface area contributed by atoms with Crippen LogP contribution in [0.4, 0.5) is 5.69 Å². The van der Waals surface area contributed by atoms with E-state index in [1.54, 1.807) is 32.4 Å². The molecule has 1 N–H and O–H groups in total. The molecule has 1 heterocycles. The van der Waals surface area contributed by atoms with Crippen molar-refractivity contribution in [2.24, 2.45) is 5.10 Å². The highest BCUT2D eigenvalue weighted by Gasteiger charge is 2.08. The zero-order valence-electron chi connectivity index (χ0n) is 15.2. The SMILES string of the molecule is COc1ccc(C=Nn2c(C)n[nH]c2=S)cc1COc1ccc([N+](=O)[O-])cc1. The summed E-state index contributed by atoms with van der Waals surface area (Å²) in [5.74, 6) is 1.83. The Morgan fingerprint density at radius 1 is 1.32 bits per heavy atom. The Morgan fingerprint density at radius 2 is 2.07 bits per heavy atom. The van der Waals surface area contributed by atoms with Gasteiger partial charge in [-0.05, 0) is 55.0 Å². The minimum absolute atomic E-state index is 0.0105. The van der Waals surface area contributed by atoms with E-state index in [-0.39, 0.29) is 12.3 Å². The van der Waals surface area contributed by atoms with E-state index in [1.807, 2.05) is 18.2 Å². The van der Waals surface area contributed by atoms with Crippen molar-refractivity contribution in [1.29, 1.82) is 0 Å². The average Bonchev–Trinajstić information content (AvgIpc) is 3.02. The van der Waals surface area contributed by atoms with E-state index in [0.717, 1.165) is 11.1 Å². The van der Waals surface area contributed by atoms with E-state index in [0.29, 0.717) is 22.1 Å². The van der Waals surface area contributed by atoms with Gasteiger partial charge in [0.25, 0.3) is 5.69 Å². The third-order valence-corrected chi connectivity index (χ3v) is 4.15. The van der Waals surface area contributed by atoms with Crippen molar-refractivity contribution in [3.05, 3.63) is 74.3 Å². The Balaban J connectivity index is 1.77. The van der Waals surface area contributed by atoms with Crippen LogP contribution in [0.3, 0.4) is 0 Å². The maximum absolute atomic E-state index is 10.7. The van der Waals surface area contributed by atoms with E-state index in [9.17, 15) is 10.1 Å². The van der Waals surface area contributed by atoms with Crippen LogP contribution >= 0.6 is 12.2 Å². The first-order valence-electron chi connectivity index (χ1n) is 8.20. The minimum atomic E-state index is -0.455. The van der Waals surface area contributed by atoms with Crippen LogP contribution in [0.1, 0.15) is 17.0 Å². The van der Waals surface area contributed by atoms with Gasteiger partial charge in [-0.25, -0.2) is 0 Å². The van der Waals surface area contributed by atoms with Crippen LogP contribution in [0.5, 0.6) is 11.5 Å². The fourth-order valence-electron chi connectivity index (χ4n) is 2.45. The first-order chi connectivity index (χ1) is 13.5. The summed E-state index contributed by atoms with van der Waals surface area (Å²) in [7, 11) is 1.58. The molecule has 10 heteroatoms. The average molecular weight is 399 g/mol. The number of non-ortho nitro benzene ring substituents is 1. The number of nitro groups is 1. The summed E-state index contributed by atoms with van der Waals surface area (Å²) in [5, 5.41) is 21.7. The molecular weight excluding hydrogens is 382 g/mol. The standard InChI is InChI=1S/C18H17N5O4S/c1-12-20-21-18(28)22(12)19-10-13-3-8-17(26-2)14(9-13)11-27-16-6-4-15(5-7-16)23(24)25/h3-10H,11H2,1-2H3,(H,21,28). The van der Waals surface area contributed by atoms with Crippen LogP contribution in [0, 0.1) is 21.8 Å². The molecule has 2 aromatic carbocycles. The highest BCUT2D eigenvalue weighted by Crippen LogP contribution is 2.23. The molecule has 0 saturated heterocycles. The number of ether oxygens (including phenoxy) is 2. The van der Waals surface area contributed by atoms with Crippen molar-refractivity contribution < 1.29 is 14.4 Å².